The van der Waals surface area contributed by atoms with Crippen molar-refractivity contribution in [1.82, 2.24) is 15.1 Å². The number of carbonyl (C=O) groups excluding carboxylic acids is 1. The van der Waals surface area contributed by atoms with Crippen LogP contribution in [0.3, 0.4) is 0 Å². The van der Waals surface area contributed by atoms with Gasteiger partial charge in [0.1, 0.15) is 6.54 Å². The number of allylic oxidation sites excluding steroid dienone is 2. The van der Waals surface area contributed by atoms with Crippen LogP contribution in [-0.2, 0) is 11.3 Å². The number of rotatable bonds is 5. The molecule has 1 fully saturated rings. The first-order chi connectivity index (χ1) is 12.6. The number of hydrogen-bond acceptors (Lipinski definition) is 3. The molecule has 1 aromatic heterocycles. The van der Waals surface area contributed by atoms with Crippen molar-refractivity contribution in [2.75, 3.05) is 6.54 Å². The average Bonchev–Trinajstić information content (AvgIpc) is 3.26. The Balaban J connectivity index is 1.41. The summed E-state index contributed by atoms with van der Waals surface area (Å²) in [6.07, 6.45) is 6.91. The van der Waals surface area contributed by atoms with Crippen LogP contribution in [-0.4, -0.2) is 22.2 Å². The number of aromatic nitrogens is 2. The molecule has 1 heterocycles. The molecule has 0 aliphatic heterocycles. The number of nitrogens with zero attached hydrogens (tertiary/aromatic N) is 2. The third-order valence-corrected chi connectivity index (χ3v) is 5.53. The van der Waals surface area contributed by atoms with Crippen molar-refractivity contribution < 1.29 is 4.79 Å². The number of benzene rings is 1. The molecule has 134 valence electrons. The largest absolute Gasteiger partial charge is 0.354 e. The van der Waals surface area contributed by atoms with E-state index in [1.54, 1.807) is 18.2 Å². The van der Waals surface area contributed by atoms with Crippen molar-refractivity contribution in [3.8, 4) is 11.3 Å². The molecule has 3 unspecified atom stereocenters. The average molecular weight is 370 g/mol. The van der Waals surface area contributed by atoms with E-state index in [0.717, 1.165) is 12.0 Å². The van der Waals surface area contributed by atoms with E-state index in [0.29, 0.717) is 35.0 Å². The van der Waals surface area contributed by atoms with Crippen LogP contribution in [0.4, 0.5) is 0 Å². The quantitative estimate of drug-likeness (QED) is 0.824. The molecule has 2 aliphatic carbocycles. The lowest BCUT2D eigenvalue weighted by Crippen LogP contribution is -2.36. The summed E-state index contributed by atoms with van der Waals surface area (Å²) in [6, 6.07) is 10.3. The van der Waals surface area contributed by atoms with Gasteiger partial charge in [0.25, 0.3) is 5.56 Å². The number of halogens is 1. The highest BCUT2D eigenvalue weighted by molar-refractivity contribution is 6.30. The van der Waals surface area contributed by atoms with Crippen molar-refractivity contribution in [3.63, 3.8) is 0 Å². The first-order valence-corrected chi connectivity index (χ1v) is 9.25. The molecule has 1 N–H and O–H groups in total. The Bertz CT molecular complexity index is 904. The van der Waals surface area contributed by atoms with Gasteiger partial charge in [-0.25, -0.2) is 4.68 Å². The van der Waals surface area contributed by atoms with Gasteiger partial charge in [-0.1, -0.05) is 35.9 Å². The summed E-state index contributed by atoms with van der Waals surface area (Å²) in [6.45, 7) is 0.590. The lowest BCUT2D eigenvalue weighted by molar-refractivity contribution is -0.122. The van der Waals surface area contributed by atoms with Gasteiger partial charge in [-0.15, -0.1) is 0 Å². The van der Waals surface area contributed by atoms with Gasteiger partial charge in [0.2, 0.25) is 5.91 Å². The Hall–Kier alpha value is -2.40. The van der Waals surface area contributed by atoms with Gasteiger partial charge >= 0.3 is 0 Å². The topological polar surface area (TPSA) is 64.0 Å². The smallest absolute Gasteiger partial charge is 0.267 e. The third-order valence-electron chi connectivity index (χ3n) is 5.28. The van der Waals surface area contributed by atoms with Gasteiger partial charge in [0.05, 0.1) is 5.69 Å². The summed E-state index contributed by atoms with van der Waals surface area (Å²) in [7, 11) is 0. The van der Waals surface area contributed by atoms with E-state index in [9.17, 15) is 9.59 Å². The molecule has 6 heteroatoms. The highest BCUT2D eigenvalue weighted by atomic mass is 35.5. The fourth-order valence-corrected chi connectivity index (χ4v) is 4.03. The van der Waals surface area contributed by atoms with E-state index in [-0.39, 0.29) is 18.0 Å². The predicted octanol–water partition coefficient (Wildman–Crippen LogP) is 2.89. The van der Waals surface area contributed by atoms with E-state index in [1.165, 1.54) is 17.2 Å². The van der Waals surface area contributed by atoms with E-state index >= 15 is 0 Å². The molecule has 26 heavy (non-hydrogen) atoms. The Morgan fingerprint density at radius 1 is 1.15 bits per heavy atom. The zero-order chi connectivity index (χ0) is 18.1. The van der Waals surface area contributed by atoms with Crippen molar-refractivity contribution in [1.29, 1.82) is 0 Å². The lowest BCUT2D eigenvalue weighted by atomic mass is 9.94. The maximum atomic E-state index is 12.3. The molecule has 3 atom stereocenters. The fourth-order valence-electron chi connectivity index (χ4n) is 3.90. The second-order valence-electron chi connectivity index (χ2n) is 7.07. The standard InChI is InChI=1S/C20H20ClN3O2/c21-17-5-3-14(4-6-17)18-7-8-20(26)24(23-18)12-19(25)22-11-16-10-13-1-2-15(16)9-13/h1-8,13,15-16H,9-12H2,(H,22,25). The van der Waals surface area contributed by atoms with Crippen LogP contribution in [0.1, 0.15) is 12.8 Å². The second kappa shape index (κ2) is 7.08. The molecule has 0 saturated heterocycles. The maximum Gasteiger partial charge on any atom is 0.267 e. The summed E-state index contributed by atoms with van der Waals surface area (Å²) < 4.78 is 1.21. The summed E-state index contributed by atoms with van der Waals surface area (Å²) >= 11 is 5.90. The highest BCUT2D eigenvalue weighted by Gasteiger charge is 2.35. The first kappa shape index (κ1) is 17.0. The number of fused-ring (bicyclic) bond motifs is 2. The van der Waals surface area contributed by atoms with E-state index in [4.69, 9.17) is 11.6 Å². The molecule has 0 spiro atoms. The molecule has 1 saturated carbocycles. The van der Waals surface area contributed by atoms with Gasteiger partial charge in [-0.05, 0) is 48.8 Å². The molecular weight excluding hydrogens is 350 g/mol. The van der Waals surface area contributed by atoms with Crippen LogP contribution >= 0.6 is 11.6 Å². The highest BCUT2D eigenvalue weighted by Crippen LogP contribution is 2.42. The Morgan fingerprint density at radius 3 is 2.65 bits per heavy atom. The molecule has 1 aromatic carbocycles. The zero-order valence-corrected chi connectivity index (χ0v) is 15.0. The molecule has 2 aliphatic rings. The summed E-state index contributed by atoms with van der Waals surface area (Å²) in [4.78, 5) is 24.3. The number of nitrogens with one attached hydrogen (secondary N) is 1. The van der Waals surface area contributed by atoms with Crippen LogP contribution in [0.25, 0.3) is 11.3 Å². The van der Waals surface area contributed by atoms with Crippen LogP contribution in [0.15, 0.2) is 53.3 Å². The van der Waals surface area contributed by atoms with Gasteiger partial charge < -0.3 is 5.32 Å². The van der Waals surface area contributed by atoms with Gasteiger partial charge in [0, 0.05) is 23.2 Å². The maximum absolute atomic E-state index is 12.3. The summed E-state index contributed by atoms with van der Waals surface area (Å²) in [5.74, 6) is 1.61. The first-order valence-electron chi connectivity index (χ1n) is 8.87. The molecule has 5 nitrogen and oxygen atoms in total. The molecule has 2 aromatic rings. The minimum absolute atomic E-state index is 0.0725. The third kappa shape index (κ3) is 3.58. The SMILES string of the molecule is O=C(Cn1nc(-c2ccc(Cl)cc2)ccc1=O)NCC1CC2C=CC1C2. The molecule has 0 radical (unpaired) electrons. The van der Waals surface area contributed by atoms with E-state index < -0.39 is 0 Å². The van der Waals surface area contributed by atoms with Crippen LogP contribution in [0.5, 0.6) is 0 Å². The molecule has 2 bridgehead atoms. The molecule has 1 amide bonds. The van der Waals surface area contributed by atoms with Crippen LogP contribution in [0, 0.1) is 17.8 Å². The number of hydrogen-bond donors (Lipinski definition) is 1. The normalized spacial score (nSPS) is 23.3. The Kier molecular flexibility index (Phi) is 4.64. The fraction of sp³-hybridized carbons (Fsp3) is 0.350. The van der Waals surface area contributed by atoms with E-state index in [2.05, 4.69) is 22.6 Å². The van der Waals surface area contributed by atoms with Crippen molar-refractivity contribution >= 4 is 17.5 Å². The monoisotopic (exact) mass is 369 g/mol. The minimum atomic E-state index is -0.291. The minimum Gasteiger partial charge on any atom is -0.354 e. The molecule has 4 rings (SSSR count). The van der Waals surface area contributed by atoms with Crippen molar-refractivity contribution in [3.05, 3.63) is 63.9 Å². The Labute approximate surface area is 156 Å². The van der Waals surface area contributed by atoms with Crippen LogP contribution in [0.2, 0.25) is 5.02 Å². The van der Waals surface area contributed by atoms with Gasteiger partial charge in [-0.3, -0.25) is 9.59 Å². The predicted molar refractivity (Wildman–Crippen MR) is 101 cm³/mol. The van der Waals surface area contributed by atoms with Gasteiger partial charge in [-0.2, -0.15) is 5.10 Å². The molecular formula is C20H20ClN3O2. The lowest BCUT2D eigenvalue weighted by Gasteiger charge is -2.18. The van der Waals surface area contributed by atoms with Crippen molar-refractivity contribution in [2.45, 2.75) is 19.4 Å². The number of amides is 1. The van der Waals surface area contributed by atoms with Gasteiger partial charge in [0.15, 0.2) is 0 Å². The van der Waals surface area contributed by atoms with E-state index in [1.807, 2.05) is 12.1 Å². The number of carbonyl (C=O) groups is 1. The second-order valence-corrected chi connectivity index (χ2v) is 7.50. The van der Waals surface area contributed by atoms with Crippen LogP contribution < -0.4 is 10.9 Å². The summed E-state index contributed by atoms with van der Waals surface area (Å²) in [5, 5.41) is 7.92. The Morgan fingerprint density at radius 2 is 1.96 bits per heavy atom. The zero-order valence-electron chi connectivity index (χ0n) is 14.3. The summed E-state index contributed by atoms with van der Waals surface area (Å²) in [5.41, 5.74) is 1.19. The van der Waals surface area contributed by atoms with Crippen molar-refractivity contribution in [2.24, 2.45) is 17.8 Å².